The third kappa shape index (κ3) is 2.68. The molecule has 3 aromatic rings. The Labute approximate surface area is 120 Å². The van der Waals surface area contributed by atoms with E-state index in [1.165, 1.54) is 20.5 Å². The molecule has 0 aliphatic carbocycles. The Morgan fingerprint density at radius 2 is 1.79 bits per heavy atom. The maximum Gasteiger partial charge on any atom is 0.131 e. The molecule has 3 rings (SSSR count). The molecular weight excluding hydrogens is 272 g/mol. The van der Waals surface area contributed by atoms with E-state index < -0.39 is 11.2 Å². The minimum atomic E-state index is -0.814. The van der Waals surface area contributed by atoms with Crippen molar-refractivity contribution < 1.29 is 4.55 Å². The standard InChI is InChI=1S/C16H14OS2/c1-19(17)11-13-7-2-4-8-14(13)16-10-12-6-3-5-9-15(12)18-16/h2-10H,11H2,1H3. The van der Waals surface area contributed by atoms with E-state index in [0.717, 1.165) is 5.56 Å². The number of rotatable bonds is 3. The van der Waals surface area contributed by atoms with Gasteiger partial charge in [0.2, 0.25) is 0 Å². The van der Waals surface area contributed by atoms with E-state index in [9.17, 15) is 4.55 Å². The lowest BCUT2D eigenvalue weighted by atomic mass is 10.1. The molecule has 1 atom stereocenters. The summed E-state index contributed by atoms with van der Waals surface area (Å²) in [5.41, 5.74) is 2.37. The molecule has 0 aliphatic rings. The maximum absolute atomic E-state index is 11.5. The van der Waals surface area contributed by atoms with Crippen LogP contribution < -0.4 is 0 Å². The Morgan fingerprint density at radius 1 is 1.05 bits per heavy atom. The van der Waals surface area contributed by atoms with Crippen molar-refractivity contribution in [2.24, 2.45) is 0 Å². The van der Waals surface area contributed by atoms with Crippen molar-refractivity contribution in [3.8, 4) is 10.4 Å². The average Bonchev–Trinajstić information content (AvgIpc) is 2.82. The zero-order valence-corrected chi connectivity index (χ0v) is 12.3. The van der Waals surface area contributed by atoms with Gasteiger partial charge in [-0.15, -0.1) is 11.3 Å². The molecule has 0 spiro atoms. The molecule has 0 bridgehead atoms. The van der Waals surface area contributed by atoms with Crippen molar-refractivity contribution in [3.63, 3.8) is 0 Å². The largest absolute Gasteiger partial charge is 0.616 e. The second-order valence-electron chi connectivity index (χ2n) is 4.52. The van der Waals surface area contributed by atoms with Gasteiger partial charge < -0.3 is 4.55 Å². The maximum atomic E-state index is 11.5. The minimum Gasteiger partial charge on any atom is -0.616 e. The first kappa shape index (κ1) is 12.7. The second kappa shape index (κ2) is 5.37. The van der Waals surface area contributed by atoms with E-state index in [0.29, 0.717) is 5.75 Å². The first-order valence-corrected chi connectivity index (χ1v) is 8.65. The molecule has 0 radical (unpaired) electrons. The molecule has 0 amide bonds. The van der Waals surface area contributed by atoms with Gasteiger partial charge in [0, 0.05) is 15.1 Å². The Bertz CT molecular complexity index is 668. The normalized spacial score (nSPS) is 12.7. The molecule has 3 heteroatoms. The highest BCUT2D eigenvalue weighted by molar-refractivity contribution is 7.89. The summed E-state index contributed by atoms with van der Waals surface area (Å²) in [4.78, 5) is 1.25. The van der Waals surface area contributed by atoms with Crippen LogP contribution in [0.5, 0.6) is 0 Å². The fourth-order valence-corrected chi connectivity index (χ4v) is 4.03. The first-order valence-electron chi connectivity index (χ1n) is 6.11. The lowest BCUT2D eigenvalue weighted by molar-refractivity contribution is 0.600. The second-order valence-corrected chi connectivity index (χ2v) is 7.04. The predicted molar refractivity (Wildman–Crippen MR) is 85.0 cm³/mol. The highest BCUT2D eigenvalue weighted by Crippen LogP contribution is 2.35. The zero-order chi connectivity index (χ0) is 13.2. The highest BCUT2D eigenvalue weighted by atomic mass is 32.2. The van der Waals surface area contributed by atoms with E-state index >= 15 is 0 Å². The van der Waals surface area contributed by atoms with Crippen molar-refractivity contribution in [2.75, 3.05) is 6.26 Å². The third-order valence-corrected chi connectivity index (χ3v) is 4.93. The molecule has 0 aliphatic heterocycles. The number of hydrogen-bond donors (Lipinski definition) is 0. The Morgan fingerprint density at radius 3 is 2.58 bits per heavy atom. The van der Waals surface area contributed by atoms with Gasteiger partial charge in [0.1, 0.15) is 5.75 Å². The average molecular weight is 286 g/mol. The summed E-state index contributed by atoms with van der Waals surface area (Å²) < 4.78 is 12.8. The van der Waals surface area contributed by atoms with Gasteiger partial charge >= 0.3 is 0 Å². The van der Waals surface area contributed by atoms with Crippen molar-refractivity contribution in [2.45, 2.75) is 5.75 Å². The summed E-state index contributed by atoms with van der Waals surface area (Å²) in [5.74, 6) is 0.615. The minimum absolute atomic E-state index is 0.615. The Balaban J connectivity index is 2.10. The molecule has 2 aromatic carbocycles. The van der Waals surface area contributed by atoms with Gasteiger partial charge in [0.25, 0.3) is 0 Å². The van der Waals surface area contributed by atoms with Gasteiger partial charge in [0.05, 0.1) is 6.26 Å². The number of fused-ring (bicyclic) bond motifs is 1. The van der Waals surface area contributed by atoms with Crippen LogP contribution in [0.15, 0.2) is 54.6 Å². The van der Waals surface area contributed by atoms with E-state index in [1.54, 1.807) is 17.6 Å². The Hall–Kier alpha value is -1.29. The molecule has 1 nitrogen and oxygen atoms in total. The van der Waals surface area contributed by atoms with Crippen LogP contribution in [0.4, 0.5) is 0 Å². The molecule has 1 unspecified atom stereocenters. The third-order valence-electron chi connectivity index (χ3n) is 3.07. The van der Waals surface area contributed by atoms with Crippen molar-refractivity contribution in [3.05, 3.63) is 60.2 Å². The molecule has 0 saturated heterocycles. The van der Waals surface area contributed by atoms with Gasteiger partial charge in [-0.1, -0.05) is 53.6 Å². The van der Waals surface area contributed by atoms with Gasteiger partial charge in [0.15, 0.2) is 0 Å². The summed E-state index contributed by atoms with van der Waals surface area (Å²) in [5, 5.41) is 1.27. The molecule has 0 N–H and O–H groups in total. The van der Waals surface area contributed by atoms with Gasteiger partial charge in [-0.25, -0.2) is 0 Å². The number of benzene rings is 2. The highest BCUT2D eigenvalue weighted by Gasteiger charge is 2.11. The molecule has 1 aromatic heterocycles. The van der Waals surface area contributed by atoms with Crippen LogP contribution >= 0.6 is 11.3 Å². The van der Waals surface area contributed by atoms with Gasteiger partial charge in [-0.05, 0) is 23.1 Å². The fraction of sp³-hybridized carbons (Fsp3) is 0.125. The molecule has 1 heterocycles. The Kier molecular flexibility index (Phi) is 3.60. The van der Waals surface area contributed by atoms with Crippen LogP contribution in [0, 0.1) is 0 Å². The molecule has 0 fully saturated rings. The lowest BCUT2D eigenvalue weighted by Gasteiger charge is -2.09. The van der Waals surface area contributed by atoms with Gasteiger partial charge in [-0.3, -0.25) is 0 Å². The van der Waals surface area contributed by atoms with Crippen molar-refractivity contribution in [1.29, 1.82) is 0 Å². The monoisotopic (exact) mass is 286 g/mol. The SMILES string of the molecule is C[S+]([O-])Cc1ccccc1-c1cc2ccccc2s1. The fourth-order valence-electron chi connectivity index (χ4n) is 2.22. The van der Waals surface area contributed by atoms with Crippen molar-refractivity contribution >= 4 is 32.6 Å². The van der Waals surface area contributed by atoms with Gasteiger partial charge in [-0.2, -0.15) is 0 Å². The van der Waals surface area contributed by atoms with Crippen LogP contribution in [-0.2, 0) is 16.9 Å². The molecule has 0 saturated carbocycles. The summed E-state index contributed by atoms with van der Waals surface area (Å²) in [6.07, 6.45) is 1.75. The summed E-state index contributed by atoms with van der Waals surface area (Å²) in [7, 11) is 0. The van der Waals surface area contributed by atoms with Crippen LogP contribution in [0.2, 0.25) is 0 Å². The van der Waals surface area contributed by atoms with E-state index in [4.69, 9.17) is 0 Å². The molecular formula is C16H14OS2. The predicted octanol–water partition coefficient (Wildman–Crippen LogP) is 4.45. The van der Waals surface area contributed by atoms with E-state index in [-0.39, 0.29) is 0 Å². The first-order chi connectivity index (χ1) is 9.24. The smallest absolute Gasteiger partial charge is 0.131 e. The number of thiophene rings is 1. The van der Waals surface area contributed by atoms with Crippen LogP contribution in [0.1, 0.15) is 5.56 Å². The zero-order valence-electron chi connectivity index (χ0n) is 10.6. The molecule has 96 valence electrons. The van der Waals surface area contributed by atoms with Crippen LogP contribution in [-0.4, -0.2) is 10.8 Å². The van der Waals surface area contributed by atoms with E-state index in [2.05, 4.69) is 42.5 Å². The van der Waals surface area contributed by atoms with E-state index in [1.807, 2.05) is 12.1 Å². The summed E-state index contributed by atoms with van der Waals surface area (Å²) >= 11 is 0.979. The number of hydrogen-bond acceptors (Lipinski definition) is 2. The summed E-state index contributed by atoms with van der Waals surface area (Å²) in [6.45, 7) is 0. The summed E-state index contributed by atoms with van der Waals surface area (Å²) in [6, 6.07) is 18.9. The lowest BCUT2D eigenvalue weighted by Crippen LogP contribution is -2.01. The quantitative estimate of drug-likeness (QED) is 0.652. The topological polar surface area (TPSA) is 23.1 Å². The molecule has 19 heavy (non-hydrogen) atoms. The van der Waals surface area contributed by atoms with Crippen LogP contribution in [0.25, 0.3) is 20.5 Å². The van der Waals surface area contributed by atoms with Crippen molar-refractivity contribution in [1.82, 2.24) is 0 Å². The van der Waals surface area contributed by atoms with Crippen LogP contribution in [0.3, 0.4) is 0 Å².